The summed E-state index contributed by atoms with van der Waals surface area (Å²) in [6, 6.07) is 2.07. The molecule has 7 heteroatoms. The average Bonchev–Trinajstić information content (AvgIpc) is 3.06. The number of carbonyl (C=O) groups is 1. The summed E-state index contributed by atoms with van der Waals surface area (Å²) in [7, 11) is 0. The molecule has 1 saturated heterocycles. The van der Waals surface area contributed by atoms with Crippen LogP contribution in [-0.2, 0) is 0 Å². The Hall–Kier alpha value is -2.02. The Morgan fingerprint density at radius 2 is 2.18 bits per heavy atom. The van der Waals surface area contributed by atoms with Crippen LogP contribution in [0.4, 0.5) is 5.82 Å². The van der Waals surface area contributed by atoms with Crippen molar-refractivity contribution in [2.75, 3.05) is 11.4 Å². The summed E-state index contributed by atoms with van der Waals surface area (Å²) < 4.78 is 0. The van der Waals surface area contributed by atoms with Gasteiger partial charge in [0, 0.05) is 24.0 Å². The Kier molecular flexibility index (Phi) is 3.29. The third-order valence-corrected chi connectivity index (χ3v) is 5.12. The molecule has 114 valence electrons. The Bertz CT molecular complexity index is 713. The van der Waals surface area contributed by atoms with E-state index in [0.29, 0.717) is 5.92 Å². The van der Waals surface area contributed by atoms with E-state index in [9.17, 15) is 4.79 Å². The van der Waals surface area contributed by atoms with Gasteiger partial charge in [0.15, 0.2) is 5.69 Å². The zero-order chi connectivity index (χ0) is 15.1. The summed E-state index contributed by atoms with van der Waals surface area (Å²) in [5, 5.41) is 11.5. The van der Waals surface area contributed by atoms with Crippen LogP contribution in [0, 0.1) is 0 Å². The van der Waals surface area contributed by atoms with Gasteiger partial charge in [-0.2, -0.15) is 0 Å². The van der Waals surface area contributed by atoms with Crippen LogP contribution in [0.1, 0.15) is 59.0 Å². The molecule has 6 nitrogen and oxygen atoms in total. The first-order valence-corrected chi connectivity index (χ1v) is 8.38. The fourth-order valence-electron chi connectivity index (χ4n) is 2.90. The molecular formula is C15H16N4O2S. The third-order valence-electron chi connectivity index (χ3n) is 4.18. The lowest BCUT2D eigenvalue weighted by atomic mass is 10.2. The van der Waals surface area contributed by atoms with E-state index >= 15 is 0 Å². The highest BCUT2D eigenvalue weighted by Crippen LogP contribution is 2.40. The van der Waals surface area contributed by atoms with E-state index < -0.39 is 5.97 Å². The van der Waals surface area contributed by atoms with Gasteiger partial charge in [-0.05, 0) is 31.7 Å². The lowest BCUT2D eigenvalue weighted by molar-refractivity contribution is 0.0691. The van der Waals surface area contributed by atoms with Crippen LogP contribution in [-0.4, -0.2) is 32.6 Å². The maximum absolute atomic E-state index is 11.0. The zero-order valence-electron chi connectivity index (χ0n) is 12.0. The van der Waals surface area contributed by atoms with Crippen LogP contribution in [0.25, 0.3) is 0 Å². The van der Waals surface area contributed by atoms with Crippen LogP contribution in [0.2, 0.25) is 0 Å². The van der Waals surface area contributed by atoms with Crippen molar-refractivity contribution in [1.29, 1.82) is 0 Å². The van der Waals surface area contributed by atoms with Crippen molar-refractivity contribution >= 4 is 23.1 Å². The minimum atomic E-state index is -0.967. The van der Waals surface area contributed by atoms with Crippen LogP contribution >= 0.6 is 11.3 Å². The number of aromatic carboxylic acids is 1. The molecule has 0 amide bonds. The third kappa shape index (κ3) is 2.45. The molecule has 2 aromatic rings. The van der Waals surface area contributed by atoms with Crippen LogP contribution in [0.3, 0.4) is 0 Å². The summed E-state index contributed by atoms with van der Waals surface area (Å²) in [4.78, 5) is 26.6. The Morgan fingerprint density at radius 3 is 2.91 bits per heavy atom. The number of hydrogen-bond acceptors (Lipinski definition) is 6. The predicted molar refractivity (Wildman–Crippen MR) is 82.4 cm³/mol. The quantitative estimate of drug-likeness (QED) is 0.934. The Balaban J connectivity index is 1.62. The molecule has 1 aliphatic heterocycles. The SMILES string of the molecule is O=C(O)c1csc(C2CCCN2c2ccnc(C3CC3)n2)n1. The summed E-state index contributed by atoms with van der Waals surface area (Å²) in [5.74, 6) is 1.43. The highest BCUT2D eigenvalue weighted by atomic mass is 32.1. The molecule has 22 heavy (non-hydrogen) atoms. The second-order valence-electron chi connectivity index (χ2n) is 5.77. The molecule has 0 bridgehead atoms. The highest BCUT2D eigenvalue weighted by Gasteiger charge is 2.32. The Morgan fingerprint density at radius 1 is 1.32 bits per heavy atom. The van der Waals surface area contributed by atoms with E-state index in [1.807, 2.05) is 12.3 Å². The molecule has 2 fully saturated rings. The lowest BCUT2D eigenvalue weighted by Gasteiger charge is -2.24. The number of anilines is 1. The van der Waals surface area contributed by atoms with Gasteiger partial charge in [-0.1, -0.05) is 0 Å². The number of hydrogen-bond donors (Lipinski definition) is 1. The summed E-state index contributed by atoms with van der Waals surface area (Å²) >= 11 is 1.42. The van der Waals surface area contributed by atoms with E-state index in [4.69, 9.17) is 10.1 Å². The number of rotatable bonds is 4. The van der Waals surface area contributed by atoms with E-state index in [1.165, 1.54) is 24.2 Å². The van der Waals surface area contributed by atoms with Crippen molar-refractivity contribution in [3.05, 3.63) is 34.2 Å². The Labute approximate surface area is 131 Å². The maximum Gasteiger partial charge on any atom is 0.355 e. The summed E-state index contributed by atoms with van der Waals surface area (Å²) in [6.45, 7) is 0.924. The smallest absolute Gasteiger partial charge is 0.355 e. The summed E-state index contributed by atoms with van der Waals surface area (Å²) in [5.41, 5.74) is 0.133. The molecule has 2 aromatic heterocycles. The van der Waals surface area contributed by atoms with E-state index in [-0.39, 0.29) is 11.7 Å². The molecule has 1 unspecified atom stereocenters. The van der Waals surface area contributed by atoms with Gasteiger partial charge in [0.05, 0.1) is 6.04 Å². The zero-order valence-corrected chi connectivity index (χ0v) is 12.8. The minimum Gasteiger partial charge on any atom is -0.476 e. The summed E-state index contributed by atoms with van der Waals surface area (Å²) in [6.07, 6.45) is 6.24. The van der Waals surface area contributed by atoms with Crippen LogP contribution in [0.15, 0.2) is 17.6 Å². The van der Waals surface area contributed by atoms with Gasteiger partial charge in [-0.25, -0.2) is 19.7 Å². The van der Waals surface area contributed by atoms with Crippen molar-refractivity contribution in [1.82, 2.24) is 15.0 Å². The number of nitrogens with zero attached hydrogens (tertiary/aromatic N) is 4. The fourth-order valence-corrected chi connectivity index (χ4v) is 3.84. The molecule has 0 radical (unpaired) electrons. The van der Waals surface area contributed by atoms with Gasteiger partial charge in [0.2, 0.25) is 0 Å². The highest BCUT2D eigenvalue weighted by molar-refractivity contribution is 7.09. The first kappa shape index (κ1) is 13.6. The van der Waals surface area contributed by atoms with Gasteiger partial charge in [0.1, 0.15) is 16.6 Å². The molecule has 3 heterocycles. The van der Waals surface area contributed by atoms with Crippen molar-refractivity contribution in [2.45, 2.75) is 37.6 Å². The van der Waals surface area contributed by atoms with Crippen LogP contribution < -0.4 is 4.90 Å². The molecule has 1 saturated carbocycles. The van der Waals surface area contributed by atoms with E-state index in [0.717, 1.165) is 36.0 Å². The first-order chi connectivity index (χ1) is 10.7. The van der Waals surface area contributed by atoms with Gasteiger partial charge in [-0.3, -0.25) is 0 Å². The molecule has 4 rings (SSSR count). The molecular weight excluding hydrogens is 300 g/mol. The van der Waals surface area contributed by atoms with Gasteiger partial charge in [-0.15, -0.1) is 11.3 Å². The standard InChI is InChI=1S/C15H16N4O2S/c20-15(21)10-8-22-14(17-10)11-2-1-7-19(11)12-5-6-16-13(18-12)9-3-4-9/h5-6,8-9,11H,1-4,7H2,(H,20,21). The van der Waals surface area contributed by atoms with Crippen LogP contribution in [0.5, 0.6) is 0 Å². The van der Waals surface area contributed by atoms with Gasteiger partial charge < -0.3 is 10.0 Å². The number of thiazole rings is 1. The maximum atomic E-state index is 11.0. The minimum absolute atomic E-state index is 0.125. The van der Waals surface area contributed by atoms with E-state index in [2.05, 4.69) is 14.9 Å². The van der Waals surface area contributed by atoms with Crippen molar-refractivity contribution in [2.24, 2.45) is 0 Å². The lowest BCUT2D eigenvalue weighted by Crippen LogP contribution is -2.24. The molecule has 0 spiro atoms. The largest absolute Gasteiger partial charge is 0.476 e. The monoisotopic (exact) mass is 316 g/mol. The van der Waals surface area contributed by atoms with Crippen molar-refractivity contribution in [3.63, 3.8) is 0 Å². The molecule has 0 aromatic carbocycles. The topological polar surface area (TPSA) is 79.2 Å². The number of aromatic nitrogens is 3. The van der Waals surface area contributed by atoms with Crippen molar-refractivity contribution in [3.8, 4) is 0 Å². The second kappa shape index (κ2) is 5.31. The van der Waals surface area contributed by atoms with Crippen molar-refractivity contribution < 1.29 is 9.90 Å². The van der Waals surface area contributed by atoms with E-state index in [1.54, 1.807) is 5.38 Å². The van der Waals surface area contributed by atoms with Gasteiger partial charge >= 0.3 is 5.97 Å². The average molecular weight is 316 g/mol. The number of carboxylic acids is 1. The normalized spacial score (nSPS) is 21.3. The molecule has 1 aliphatic carbocycles. The van der Waals surface area contributed by atoms with Gasteiger partial charge in [0.25, 0.3) is 0 Å². The molecule has 2 aliphatic rings. The predicted octanol–water partition coefficient (Wildman–Crippen LogP) is 2.85. The second-order valence-corrected chi connectivity index (χ2v) is 6.66. The number of carboxylic acid groups (broad SMARTS) is 1. The first-order valence-electron chi connectivity index (χ1n) is 7.50. The molecule has 1 atom stereocenters. The fraction of sp³-hybridized carbons (Fsp3) is 0.467. The molecule has 1 N–H and O–H groups in total.